The average Bonchev–Trinajstić information content (AvgIpc) is 2.38. The SMILES string of the molecule is CCOC(=O)CC(=O)Nc1cc(F)ccc1C(=O)OC. The zero-order valence-corrected chi connectivity index (χ0v) is 11.1. The molecule has 1 amide bonds. The van der Waals surface area contributed by atoms with Gasteiger partial charge in [-0.1, -0.05) is 0 Å². The van der Waals surface area contributed by atoms with Crippen LogP contribution in [-0.4, -0.2) is 31.6 Å². The Bertz CT molecular complexity index is 529. The molecular formula is C13H14FNO5. The molecule has 0 bridgehead atoms. The van der Waals surface area contributed by atoms with E-state index in [-0.39, 0.29) is 17.9 Å². The van der Waals surface area contributed by atoms with Crippen molar-refractivity contribution < 1.29 is 28.2 Å². The van der Waals surface area contributed by atoms with Crippen LogP contribution in [0.25, 0.3) is 0 Å². The molecule has 20 heavy (non-hydrogen) atoms. The van der Waals surface area contributed by atoms with Crippen LogP contribution < -0.4 is 5.32 Å². The summed E-state index contributed by atoms with van der Waals surface area (Å²) in [7, 11) is 1.16. The Kier molecular flexibility index (Phi) is 5.64. The van der Waals surface area contributed by atoms with E-state index in [1.54, 1.807) is 6.92 Å². The van der Waals surface area contributed by atoms with Crippen LogP contribution in [-0.2, 0) is 19.1 Å². The van der Waals surface area contributed by atoms with Crippen molar-refractivity contribution in [1.29, 1.82) is 0 Å². The average molecular weight is 283 g/mol. The van der Waals surface area contributed by atoms with Gasteiger partial charge in [-0.25, -0.2) is 9.18 Å². The van der Waals surface area contributed by atoms with Crippen LogP contribution in [0.5, 0.6) is 0 Å². The minimum atomic E-state index is -0.726. The summed E-state index contributed by atoms with van der Waals surface area (Å²) in [6.45, 7) is 1.76. The molecule has 1 rings (SSSR count). The number of nitrogens with one attached hydrogen (secondary N) is 1. The fourth-order valence-electron chi connectivity index (χ4n) is 1.45. The van der Waals surface area contributed by atoms with Crippen LogP contribution in [0.1, 0.15) is 23.7 Å². The zero-order chi connectivity index (χ0) is 15.1. The third-order valence-corrected chi connectivity index (χ3v) is 2.27. The summed E-state index contributed by atoms with van der Waals surface area (Å²) in [5.41, 5.74) is -0.0720. The molecule has 7 heteroatoms. The second-order valence-electron chi connectivity index (χ2n) is 3.71. The van der Waals surface area contributed by atoms with Crippen LogP contribution in [0.4, 0.5) is 10.1 Å². The highest BCUT2D eigenvalue weighted by atomic mass is 19.1. The van der Waals surface area contributed by atoms with Gasteiger partial charge in [-0.05, 0) is 25.1 Å². The monoisotopic (exact) mass is 283 g/mol. The van der Waals surface area contributed by atoms with Crippen molar-refractivity contribution >= 4 is 23.5 Å². The first-order chi connectivity index (χ1) is 9.47. The van der Waals surface area contributed by atoms with E-state index in [0.717, 1.165) is 19.2 Å². The van der Waals surface area contributed by atoms with Gasteiger partial charge < -0.3 is 14.8 Å². The molecule has 108 valence electrons. The first kappa shape index (κ1) is 15.6. The molecule has 1 aromatic rings. The van der Waals surface area contributed by atoms with Crippen molar-refractivity contribution in [2.75, 3.05) is 19.0 Å². The number of hydrogen-bond donors (Lipinski definition) is 1. The Balaban J connectivity index is 2.85. The molecule has 0 aliphatic heterocycles. The number of rotatable bonds is 5. The van der Waals surface area contributed by atoms with Gasteiger partial charge in [-0.15, -0.1) is 0 Å². The molecule has 1 N–H and O–H groups in total. The summed E-state index contributed by atoms with van der Waals surface area (Å²) in [4.78, 5) is 34.2. The second kappa shape index (κ2) is 7.22. The van der Waals surface area contributed by atoms with Crippen molar-refractivity contribution in [3.05, 3.63) is 29.6 Å². The third-order valence-electron chi connectivity index (χ3n) is 2.27. The molecule has 0 heterocycles. The number of ether oxygens (including phenoxy) is 2. The van der Waals surface area contributed by atoms with Crippen molar-refractivity contribution in [2.24, 2.45) is 0 Å². The predicted octanol–water partition coefficient (Wildman–Crippen LogP) is 1.50. The van der Waals surface area contributed by atoms with Gasteiger partial charge in [0.2, 0.25) is 5.91 Å². The van der Waals surface area contributed by atoms with E-state index in [1.165, 1.54) is 6.07 Å². The lowest BCUT2D eigenvalue weighted by Gasteiger charge is -2.09. The van der Waals surface area contributed by atoms with Gasteiger partial charge in [0.25, 0.3) is 0 Å². The minimum absolute atomic E-state index is 0.00823. The Morgan fingerprint density at radius 2 is 2.00 bits per heavy atom. The summed E-state index contributed by atoms with van der Waals surface area (Å²) in [5, 5.41) is 2.28. The number of methoxy groups -OCH3 is 1. The number of halogens is 1. The first-order valence-electron chi connectivity index (χ1n) is 5.81. The molecule has 0 atom stereocenters. The number of esters is 2. The number of carbonyl (C=O) groups excluding carboxylic acids is 3. The number of benzene rings is 1. The lowest BCUT2D eigenvalue weighted by molar-refractivity contribution is -0.145. The molecule has 0 radical (unpaired) electrons. The summed E-state index contributed by atoms with van der Waals surface area (Å²) in [5.74, 6) is -2.78. The largest absolute Gasteiger partial charge is 0.466 e. The maximum Gasteiger partial charge on any atom is 0.339 e. The molecule has 6 nitrogen and oxygen atoms in total. The van der Waals surface area contributed by atoms with E-state index < -0.39 is 30.1 Å². The number of amides is 1. The molecule has 1 aromatic carbocycles. The van der Waals surface area contributed by atoms with Gasteiger partial charge in [0.15, 0.2) is 0 Å². The molecule has 0 saturated heterocycles. The van der Waals surface area contributed by atoms with E-state index >= 15 is 0 Å². The molecular weight excluding hydrogens is 269 g/mol. The van der Waals surface area contributed by atoms with Crippen LogP contribution in [0.3, 0.4) is 0 Å². The van der Waals surface area contributed by atoms with Gasteiger partial charge >= 0.3 is 11.9 Å². The standard InChI is InChI=1S/C13H14FNO5/c1-3-20-12(17)7-11(16)15-10-6-8(14)4-5-9(10)13(18)19-2/h4-6H,3,7H2,1-2H3,(H,15,16). The zero-order valence-electron chi connectivity index (χ0n) is 11.1. The maximum atomic E-state index is 13.2. The Morgan fingerprint density at radius 3 is 2.60 bits per heavy atom. The lowest BCUT2D eigenvalue weighted by Crippen LogP contribution is -2.20. The smallest absolute Gasteiger partial charge is 0.339 e. The van der Waals surface area contributed by atoms with Gasteiger partial charge in [0.05, 0.1) is 25.0 Å². The highest BCUT2D eigenvalue weighted by Gasteiger charge is 2.16. The summed E-state index contributed by atoms with van der Waals surface area (Å²) >= 11 is 0. The topological polar surface area (TPSA) is 81.7 Å². The molecule has 0 aliphatic rings. The second-order valence-corrected chi connectivity index (χ2v) is 3.71. The van der Waals surface area contributed by atoms with Gasteiger partial charge in [-0.3, -0.25) is 9.59 Å². The normalized spacial score (nSPS) is 9.75. The van der Waals surface area contributed by atoms with Crippen LogP contribution in [0, 0.1) is 5.82 Å². The van der Waals surface area contributed by atoms with Crippen LogP contribution >= 0.6 is 0 Å². The van der Waals surface area contributed by atoms with Gasteiger partial charge in [0, 0.05) is 0 Å². The van der Waals surface area contributed by atoms with E-state index in [1.807, 2.05) is 0 Å². The van der Waals surface area contributed by atoms with Crippen LogP contribution in [0.2, 0.25) is 0 Å². The predicted molar refractivity (Wildman–Crippen MR) is 67.6 cm³/mol. The maximum absolute atomic E-state index is 13.2. The highest BCUT2D eigenvalue weighted by molar-refractivity contribution is 6.05. The van der Waals surface area contributed by atoms with Crippen molar-refractivity contribution in [2.45, 2.75) is 13.3 Å². The lowest BCUT2D eigenvalue weighted by atomic mass is 10.1. The quantitative estimate of drug-likeness (QED) is 0.654. The molecule has 0 unspecified atom stereocenters. The fraction of sp³-hybridized carbons (Fsp3) is 0.308. The summed E-state index contributed by atoms with van der Waals surface area (Å²) in [6.07, 6.45) is -0.523. The number of hydrogen-bond acceptors (Lipinski definition) is 5. The number of anilines is 1. The van der Waals surface area contributed by atoms with Gasteiger partial charge in [0.1, 0.15) is 12.2 Å². The fourth-order valence-corrected chi connectivity index (χ4v) is 1.45. The first-order valence-corrected chi connectivity index (χ1v) is 5.81. The van der Waals surface area contributed by atoms with Gasteiger partial charge in [-0.2, -0.15) is 0 Å². The van der Waals surface area contributed by atoms with Crippen molar-refractivity contribution in [3.8, 4) is 0 Å². The highest BCUT2D eigenvalue weighted by Crippen LogP contribution is 2.18. The minimum Gasteiger partial charge on any atom is -0.466 e. The van der Waals surface area contributed by atoms with Crippen LogP contribution in [0.15, 0.2) is 18.2 Å². The summed E-state index contributed by atoms with van der Waals surface area (Å²) < 4.78 is 22.3. The molecule has 0 spiro atoms. The van der Waals surface area contributed by atoms with Crippen molar-refractivity contribution in [3.63, 3.8) is 0 Å². The van der Waals surface area contributed by atoms with E-state index in [9.17, 15) is 18.8 Å². The molecule has 0 aromatic heterocycles. The van der Waals surface area contributed by atoms with E-state index in [2.05, 4.69) is 14.8 Å². The Hall–Kier alpha value is -2.44. The summed E-state index contributed by atoms with van der Waals surface area (Å²) in [6, 6.07) is 3.21. The molecule has 0 aliphatic carbocycles. The number of carbonyl (C=O) groups is 3. The van der Waals surface area contributed by atoms with E-state index in [0.29, 0.717) is 0 Å². The van der Waals surface area contributed by atoms with E-state index in [4.69, 9.17) is 0 Å². The third kappa shape index (κ3) is 4.34. The Morgan fingerprint density at radius 1 is 1.30 bits per heavy atom. The molecule has 0 saturated carbocycles. The Labute approximate surface area is 114 Å². The van der Waals surface area contributed by atoms with Crippen molar-refractivity contribution in [1.82, 2.24) is 0 Å². The molecule has 0 fully saturated rings.